The molecule has 0 saturated heterocycles. The fraction of sp³-hybridized carbons (Fsp3) is 0. The van der Waals surface area contributed by atoms with Gasteiger partial charge in [0.05, 0.1) is 0 Å². The van der Waals surface area contributed by atoms with Gasteiger partial charge in [-0.25, -0.2) is 0 Å². The molecule has 0 rings (SSSR count). The van der Waals surface area contributed by atoms with E-state index in [0.29, 0.717) is 0 Å². The minimum Gasteiger partial charge on any atom is -1.00 e. The van der Waals surface area contributed by atoms with Crippen LogP contribution < -0.4 is 40.9 Å². The van der Waals surface area contributed by atoms with Crippen LogP contribution in [0.15, 0.2) is 0 Å². The molecule has 1 radical (unpaired) electrons. The molecule has 0 aromatic rings. The Kier molecular flexibility index (Phi) is 53.6. The fourth-order valence-corrected chi connectivity index (χ4v) is 0. The van der Waals surface area contributed by atoms with E-state index in [1.165, 1.54) is 0 Å². The van der Waals surface area contributed by atoms with Gasteiger partial charge in [0.25, 0.3) is 0 Å². The molecule has 0 aliphatic heterocycles. The van der Waals surface area contributed by atoms with Crippen molar-refractivity contribution in [3.05, 3.63) is 0 Å². The van der Waals surface area contributed by atoms with Gasteiger partial charge in [-0.15, -0.1) is 12.4 Å². The second-order valence-electron chi connectivity index (χ2n) is 0.500. The second kappa shape index (κ2) is 15.7. The molecule has 0 aromatic carbocycles. The Morgan fingerprint density at radius 2 is 1.29 bits per heavy atom. The van der Waals surface area contributed by atoms with Crippen LogP contribution in [0.4, 0.5) is 0 Å². The molecule has 6 heteroatoms. The standard InChI is InChI=1S/CH5N3.ClH.HI.Na/c2-1(3)4;;;/h(H5,2,3,4);2*1H;. The van der Waals surface area contributed by atoms with Crippen LogP contribution in [0, 0.1) is 0 Å². The maximum absolute atomic E-state index is 4.58. The van der Waals surface area contributed by atoms with Crippen molar-refractivity contribution in [2.45, 2.75) is 0 Å². The van der Waals surface area contributed by atoms with Gasteiger partial charge in [-0.2, -0.15) is 0 Å². The molecular weight excluding hydrogens is 239 g/mol. The van der Waals surface area contributed by atoms with Gasteiger partial charge < -0.3 is 24.0 Å². The van der Waals surface area contributed by atoms with Gasteiger partial charge >= 0.3 is 5.96 Å². The summed E-state index contributed by atoms with van der Waals surface area (Å²) >= 11 is 0. The normalized spacial score (nSPS) is 3.43. The summed E-state index contributed by atoms with van der Waals surface area (Å²) in [5, 5.41) is 4.58. The smallest absolute Gasteiger partial charge is 0.336 e. The van der Waals surface area contributed by atoms with Crippen LogP contribution in [0.1, 0.15) is 0 Å². The average Bonchev–Trinajstić information content (AvgIpc) is 0.811. The first kappa shape index (κ1) is 23.9. The summed E-state index contributed by atoms with van der Waals surface area (Å²) in [5.41, 5.74) is 9.17. The van der Waals surface area contributed by atoms with E-state index in [2.05, 4.69) is 16.9 Å². The Hall–Kier alpha value is 1.29. The molecule has 7 heavy (non-hydrogen) atoms. The topological polar surface area (TPSA) is 77.6 Å². The van der Waals surface area contributed by atoms with Crippen LogP contribution in [0.5, 0.6) is 0 Å². The molecule has 0 aliphatic rings. The van der Waals surface area contributed by atoms with E-state index in [1.54, 1.807) is 0 Å². The third-order valence-corrected chi connectivity index (χ3v) is 0. The first-order valence-corrected chi connectivity index (χ1v) is 0.866. The van der Waals surface area contributed by atoms with E-state index >= 15 is 0 Å². The SMILES string of the molecule is Cl.NC(N)=[NH2+].[I-].[Na]. The Labute approximate surface area is 87.8 Å². The van der Waals surface area contributed by atoms with Gasteiger partial charge in [-0.1, -0.05) is 0 Å². The molecule has 0 saturated carbocycles. The molecule has 0 fully saturated rings. The van der Waals surface area contributed by atoms with Crippen LogP contribution in [-0.2, 0) is 0 Å². The molecule has 0 bridgehead atoms. The van der Waals surface area contributed by atoms with Crippen molar-refractivity contribution >= 4 is 47.9 Å². The fourth-order valence-electron chi connectivity index (χ4n) is 0. The molecule has 0 spiro atoms. The van der Waals surface area contributed by atoms with Gasteiger partial charge in [0.1, 0.15) is 0 Å². The molecule has 0 aromatic heterocycles. The van der Waals surface area contributed by atoms with E-state index < -0.39 is 0 Å². The largest absolute Gasteiger partial charge is 1.00 e. The van der Waals surface area contributed by atoms with E-state index in [9.17, 15) is 0 Å². The average molecular weight is 246 g/mol. The minimum atomic E-state index is -0.0833. The molecular formula is CH7ClIN3Na. The maximum Gasteiger partial charge on any atom is 0.336 e. The summed E-state index contributed by atoms with van der Waals surface area (Å²) in [7, 11) is 0. The van der Waals surface area contributed by atoms with Crippen molar-refractivity contribution < 1.29 is 29.4 Å². The molecule has 3 nitrogen and oxygen atoms in total. The zero-order valence-corrected chi connectivity index (χ0v) is 8.99. The predicted molar refractivity (Wildman–Crippen MR) is 28.3 cm³/mol. The van der Waals surface area contributed by atoms with Crippen molar-refractivity contribution in [1.29, 1.82) is 0 Å². The van der Waals surface area contributed by atoms with Crippen molar-refractivity contribution in [3.8, 4) is 0 Å². The third kappa shape index (κ3) is 123. The summed E-state index contributed by atoms with van der Waals surface area (Å²) in [6.45, 7) is 0. The van der Waals surface area contributed by atoms with Crippen LogP contribution >= 0.6 is 12.4 Å². The van der Waals surface area contributed by atoms with E-state index in [1.807, 2.05) is 0 Å². The van der Waals surface area contributed by atoms with E-state index in [4.69, 9.17) is 0 Å². The Balaban J connectivity index is -0.0000000150. The Morgan fingerprint density at radius 1 is 1.29 bits per heavy atom. The second-order valence-corrected chi connectivity index (χ2v) is 0.500. The molecule has 0 unspecified atom stereocenters. The molecule has 41 valence electrons. The zero-order valence-electron chi connectivity index (χ0n) is 4.02. The van der Waals surface area contributed by atoms with Gasteiger partial charge in [0.15, 0.2) is 0 Å². The number of rotatable bonds is 0. The number of hydrogen-bond acceptors (Lipinski definition) is 0. The maximum atomic E-state index is 4.58. The monoisotopic (exact) mass is 246 g/mol. The summed E-state index contributed by atoms with van der Waals surface area (Å²) < 4.78 is 0. The first-order valence-electron chi connectivity index (χ1n) is 0.866. The molecule has 0 amide bonds. The van der Waals surface area contributed by atoms with Crippen molar-refractivity contribution in [3.63, 3.8) is 0 Å². The molecule has 0 aliphatic carbocycles. The molecule has 0 atom stereocenters. The summed E-state index contributed by atoms with van der Waals surface area (Å²) in [5.74, 6) is -0.0833. The summed E-state index contributed by atoms with van der Waals surface area (Å²) in [4.78, 5) is 0. The number of guanidine groups is 1. The van der Waals surface area contributed by atoms with Gasteiger partial charge in [0, 0.05) is 29.6 Å². The van der Waals surface area contributed by atoms with Crippen LogP contribution in [0.25, 0.3) is 0 Å². The summed E-state index contributed by atoms with van der Waals surface area (Å²) in [6.07, 6.45) is 0. The van der Waals surface area contributed by atoms with Crippen LogP contribution in [0.2, 0.25) is 0 Å². The summed E-state index contributed by atoms with van der Waals surface area (Å²) in [6, 6.07) is 0. The molecule has 0 heterocycles. The van der Waals surface area contributed by atoms with E-state index in [0.717, 1.165) is 0 Å². The quantitative estimate of drug-likeness (QED) is 0.172. The number of nitrogens with two attached hydrogens (primary N) is 3. The van der Waals surface area contributed by atoms with Gasteiger partial charge in [-0.3, -0.25) is 16.9 Å². The van der Waals surface area contributed by atoms with Crippen LogP contribution in [0.3, 0.4) is 0 Å². The third-order valence-electron chi connectivity index (χ3n) is 0. The van der Waals surface area contributed by atoms with Gasteiger partial charge in [0.2, 0.25) is 0 Å². The van der Waals surface area contributed by atoms with Crippen molar-refractivity contribution in [2.75, 3.05) is 0 Å². The zero-order chi connectivity index (χ0) is 3.58. The van der Waals surface area contributed by atoms with Crippen molar-refractivity contribution in [1.82, 2.24) is 0 Å². The first-order chi connectivity index (χ1) is 1.73. The molecule has 6 N–H and O–H groups in total. The number of hydrogen-bond donors (Lipinski definition) is 3. The predicted octanol–water partition coefficient (Wildman–Crippen LogP) is -5.94. The van der Waals surface area contributed by atoms with E-state index in [-0.39, 0.29) is 71.9 Å². The Bertz CT molecular complexity index is 37.9. The Morgan fingerprint density at radius 3 is 1.29 bits per heavy atom. The van der Waals surface area contributed by atoms with Crippen molar-refractivity contribution in [2.24, 2.45) is 11.5 Å². The van der Waals surface area contributed by atoms with Gasteiger partial charge in [-0.05, 0) is 0 Å². The van der Waals surface area contributed by atoms with Crippen LogP contribution in [-0.4, -0.2) is 35.5 Å². The number of halogens is 2. The minimum absolute atomic E-state index is 0.